The molecule has 0 aliphatic carbocycles. The van der Waals surface area contributed by atoms with Crippen LogP contribution in [0.25, 0.3) is 0 Å². The van der Waals surface area contributed by atoms with E-state index in [0.717, 1.165) is 17.5 Å². The first-order valence-electron chi connectivity index (χ1n) is 12.3. The first-order chi connectivity index (χ1) is 18.8. The number of aromatic hydroxyl groups is 1. The maximum absolute atomic E-state index is 12.8. The van der Waals surface area contributed by atoms with E-state index in [-0.39, 0.29) is 12.2 Å². The summed E-state index contributed by atoms with van der Waals surface area (Å²) in [6.07, 6.45) is 0.578. The van der Waals surface area contributed by atoms with Crippen LogP contribution in [0.5, 0.6) is 17.2 Å². The standard InChI is InChI=1S/C29H31NO9/c1-35-24-11-19-9-10-30(15-20(19)12-25(24)36-2)16-21-13-23(31)27(33)28(39-21)22(14-26(32)37-3)17-5-7-18(8-6-17)29(34)38-4/h5-8,11-13,22,33H,9-10,14-16H2,1-4H3/t22-/m1/s1. The zero-order valence-electron chi connectivity index (χ0n) is 22.3. The molecule has 0 fully saturated rings. The molecule has 0 bridgehead atoms. The maximum atomic E-state index is 12.8. The summed E-state index contributed by atoms with van der Waals surface area (Å²) in [6, 6.07) is 11.5. The SMILES string of the molecule is COC(=O)C[C@H](c1ccc(C(=O)OC)cc1)c1oc(CN2CCc3cc(OC)c(OC)cc3C2)cc(=O)c1O. The molecule has 206 valence electrons. The minimum Gasteiger partial charge on any atom is -0.502 e. The Kier molecular flexibility index (Phi) is 8.55. The fourth-order valence-electron chi connectivity index (χ4n) is 4.75. The molecule has 0 amide bonds. The minimum absolute atomic E-state index is 0.0440. The van der Waals surface area contributed by atoms with E-state index in [4.69, 9.17) is 23.4 Å². The number of methoxy groups -OCH3 is 4. The molecule has 2 aromatic carbocycles. The van der Waals surface area contributed by atoms with Crippen molar-refractivity contribution >= 4 is 11.9 Å². The number of hydrogen-bond donors (Lipinski definition) is 1. The first-order valence-corrected chi connectivity index (χ1v) is 12.3. The quantitative estimate of drug-likeness (QED) is 0.406. The number of nitrogens with zero attached hydrogens (tertiary/aromatic N) is 1. The Labute approximate surface area is 225 Å². The van der Waals surface area contributed by atoms with E-state index in [0.29, 0.717) is 48.0 Å². The zero-order valence-corrected chi connectivity index (χ0v) is 22.3. The lowest BCUT2D eigenvalue weighted by molar-refractivity contribution is -0.140. The van der Waals surface area contributed by atoms with Gasteiger partial charge in [-0.1, -0.05) is 12.1 Å². The van der Waals surface area contributed by atoms with Gasteiger partial charge in [-0.2, -0.15) is 0 Å². The van der Waals surface area contributed by atoms with E-state index < -0.39 is 29.0 Å². The number of carbonyl (C=O) groups is 2. The molecule has 1 aliphatic heterocycles. The third kappa shape index (κ3) is 6.06. The Bertz CT molecular complexity index is 1410. The van der Waals surface area contributed by atoms with E-state index >= 15 is 0 Å². The third-order valence-electron chi connectivity index (χ3n) is 6.83. The smallest absolute Gasteiger partial charge is 0.337 e. The monoisotopic (exact) mass is 537 g/mol. The molecule has 0 saturated heterocycles. The van der Waals surface area contributed by atoms with Crippen molar-refractivity contribution in [2.45, 2.75) is 31.8 Å². The second-order valence-electron chi connectivity index (χ2n) is 9.17. The number of benzene rings is 2. The summed E-state index contributed by atoms with van der Waals surface area (Å²) in [6.45, 7) is 1.61. The summed E-state index contributed by atoms with van der Waals surface area (Å²) in [4.78, 5) is 39.0. The van der Waals surface area contributed by atoms with Crippen LogP contribution >= 0.6 is 0 Å². The summed E-state index contributed by atoms with van der Waals surface area (Å²) >= 11 is 0. The summed E-state index contributed by atoms with van der Waals surface area (Å²) < 4.78 is 26.5. The Morgan fingerprint density at radius 2 is 1.64 bits per heavy atom. The van der Waals surface area contributed by atoms with Gasteiger partial charge in [-0.3, -0.25) is 14.5 Å². The predicted octanol–water partition coefficient (Wildman–Crippen LogP) is 3.40. The van der Waals surface area contributed by atoms with Crippen LogP contribution in [-0.2, 0) is 33.8 Å². The second kappa shape index (κ2) is 12.0. The number of carbonyl (C=O) groups excluding carboxylic acids is 2. The molecule has 1 N–H and O–H groups in total. The summed E-state index contributed by atoms with van der Waals surface area (Å²) in [5.74, 6) is -0.852. The van der Waals surface area contributed by atoms with Crippen LogP contribution in [0.4, 0.5) is 0 Å². The molecule has 0 saturated carbocycles. The lowest BCUT2D eigenvalue weighted by Gasteiger charge is -2.29. The number of esters is 2. The molecule has 2 heterocycles. The highest BCUT2D eigenvalue weighted by atomic mass is 16.5. The normalized spacial score (nSPS) is 13.7. The molecule has 4 rings (SSSR count). The Balaban J connectivity index is 1.64. The maximum Gasteiger partial charge on any atom is 0.337 e. The predicted molar refractivity (Wildman–Crippen MR) is 140 cm³/mol. The highest BCUT2D eigenvalue weighted by molar-refractivity contribution is 5.89. The summed E-state index contributed by atoms with van der Waals surface area (Å²) in [7, 11) is 5.73. The van der Waals surface area contributed by atoms with Crippen molar-refractivity contribution in [2.75, 3.05) is 35.0 Å². The van der Waals surface area contributed by atoms with Crippen molar-refractivity contribution in [1.82, 2.24) is 4.90 Å². The van der Waals surface area contributed by atoms with E-state index in [9.17, 15) is 19.5 Å². The van der Waals surface area contributed by atoms with E-state index in [2.05, 4.69) is 4.90 Å². The molecule has 39 heavy (non-hydrogen) atoms. The third-order valence-corrected chi connectivity index (χ3v) is 6.83. The number of hydrogen-bond acceptors (Lipinski definition) is 10. The van der Waals surface area contributed by atoms with E-state index in [1.54, 1.807) is 38.5 Å². The molecular formula is C29H31NO9. The van der Waals surface area contributed by atoms with Crippen LogP contribution in [0, 0.1) is 0 Å². The van der Waals surface area contributed by atoms with Crippen molar-refractivity contribution < 1.29 is 38.1 Å². The van der Waals surface area contributed by atoms with E-state index in [1.165, 1.54) is 20.3 Å². The molecule has 0 spiro atoms. The molecule has 1 atom stereocenters. The highest BCUT2D eigenvalue weighted by Crippen LogP contribution is 2.35. The molecule has 1 aromatic heterocycles. The fourth-order valence-corrected chi connectivity index (χ4v) is 4.75. The Morgan fingerprint density at radius 1 is 0.974 bits per heavy atom. The van der Waals surface area contributed by atoms with Gasteiger partial charge in [-0.05, 0) is 47.4 Å². The largest absolute Gasteiger partial charge is 0.502 e. The zero-order chi connectivity index (χ0) is 28.1. The lowest BCUT2D eigenvalue weighted by Crippen LogP contribution is -2.30. The van der Waals surface area contributed by atoms with Gasteiger partial charge in [-0.25, -0.2) is 4.79 Å². The first kappa shape index (κ1) is 27.7. The van der Waals surface area contributed by atoms with Crippen LogP contribution in [0.2, 0.25) is 0 Å². The molecule has 10 nitrogen and oxygen atoms in total. The van der Waals surface area contributed by atoms with Crippen molar-refractivity contribution in [3.63, 3.8) is 0 Å². The van der Waals surface area contributed by atoms with Crippen LogP contribution in [-0.4, -0.2) is 56.9 Å². The van der Waals surface area contributed by atoms with Gasteiger partial charge in [0, 0.05) is 19.2 Å². The summed E-state index contributed by atoms with van der Waals surface area (Å²) in [5.41, 5.74) is 2.49. The van der Waals surface area contributed by atoms with Crippen LogP contribution in [0.15, 0.2) is 51.7 Å². The van der Waals surface area contributed by atoms with Gasteiger partial charge in [0.15, 0.2) is 17.3 Å². The van der Waals surface area contributed by atoms with Crippen LogP contribution in [0.3, 0.4) is 0 Å². The van der Waals surface area contributed by atoms with Gasteiger partial charge in [0.2, 0.25) is 11.2 Å². The molecule has 3 aromatic rings. The summed E-state index contributed by atoms with van der Waals surface area (Å²) in [5, 5.41) is 10.7. The molecule has 1 aliphatic rings. The minimum atomic E-state index is -0.824. The number of ether oxygens (including phenoxy) is 4. The van der Waals surface area contributed by atoms with E-state index in [1.807, 2.05) is 12.1 Å². The Hall–Kier alpha value is -4.31. The molecule has 0 radical (unpaired) electrons. The fraction of sp³-hybridized carbons (Fsp3) is 0.345. The topological polar surface area (TPSA) is 125 Å². The second-order valence-corrected chi connectivity index (χ2v) is 9.17. The average Bonchev–Trinajstić information content (AvgIpc) is 2.96. The van der Waals surface area contributed by atoms with Crippen LogP contribution in [0.1, 0.15) is 50.9 Å². The van der Waals surface area contributed by atoms with Gasteiger partial charge in [0.05, 0.1) is 52.9 Å². The van der Waals surface area contributed by atoms with Gasteiger partial charge in [0.1, 0.15) is 5.76 Å². The van der Waals surface area contributed by atoms with Crippen molar-refractivity contribution in [2.24, 2.45) is 0 Å². The highest BCUT2D eigenvalue weighted by Gasteiger charge is 2.28. The molecule has 0 unspecified atom stereocenters. The molecule has 10 heteroatoms. The Morgan fingerprint density at radius 3 is 2.26 bits per heavy atom. The van der Waals surface area contributed by atoms with Crippen molar-refractivity contribution in [3.8, 4) is 17.2 Å². The van der Waals surface area contributed by atoms with Gasteiger partial charge in [-0.15, -0.1) is 0 Å². The van der Waals surface area contributed by atoms with Crippen molar-refractivity contribution in [3.05, 3.63) is 86.5 Å². The van der Waals surface area contributed by atoms with Gasteiger partial charge >= 0.3 is 11.9 Å². The van der Waals surface area contributed by atoms with Crippen LogP contribution < -0.4 is 14.9 Å². The molecular weight excluding hydrogens is 506 g/mol. The van der Waals surface area contributed by atoms with Gasteiger partial charge in [0.25, 0.3) is 0 Å². The van der Waals surface area contributed by atoms with Gasteiger partial charge < -0.3 is 28.5 Å². The number of rotatable bonds is 9. The average molecular weight is 538 g/mol. The number of fused-ring (bicyclic) bond motifs is 1. The lowest BCUT2D eigenvalue weighted by atomic mass is 9.91. The van der Waals surface area contributed by atoms with Crippen molar-refractivity contribution in [1.29, 1.82) is 0 Å².